The van der Waals surface area contributed by atoms with Gasteiger partial charge in [0.05, 0.1) is 0 Å². The van der Waals surface area contributed by atoms with Gasteiger partial charge < -0.3 is 5.32 Å². The minimum atomic E-state index is -4.65. The summed E-state index contributed by atoms with van der Waals surface area (Å²) in [6.07, 6.45) is -4.65. The van der Waals surface area contributed by atoms with Crippen LogP contribution in [0.15, 0.2) is 10.9 Å². The summed E-state index contributed by atoms with van der Waals surface area (Å²) in [6, 6.07) is 0.652. The van der Waals surface area contributed by atoms with E-state index in [1.54, 1.807) is 5.10 Å². The van der Waals surface area contributed by atoms with Gasteiger partial charge >= 0.3 is 6.18 Å². The van der Waals surface area contributed by atoms with E-state index in [4.69, 9.17) is 0 Å². The third-order valence-corrected chi connectivity index (χ3v) is 1.37. The molecular weight excluding hydrogens is 187 g/mol. The van der Waals surface area contributed by atoms with Gasteiger partial charge in [-0.3, -0.25) is 4.79 Å². The molecule has 0 radical (unpaired) electrons. The molecular formula is C6H6F3N3O. The third-order valence-electron chi connectivity index (χ3n) is 1.37. The zero-order valence-corrected chi connectivity index (χ0v) is 6.57. The van der Waals surface area contributed by atoms with Gasteiger partial charge in [0, 0.05) is 13.1 Å². The highest BCUT2D eigenvalue weighted by Gasteiger charge is 2.34. The number of alkyl halides is 3. The fraction of sp³-hybridized carbons (Fsp3) is 0.333. The minimum Gasteiger partial charge on any atom is -0.372 e. The monoisotopic (exact) mass is 193 g/mol. The molecule has 0 fully saturated rings. The van der Waals surface area contributed by atoms with Crippen LogP contribution in [0.5, 0.6) is 0 Å². The smallest absolute Gasteiger partial charge is 0.372 e. The lowest BCUT2D eigenvalue weighted by molar-refractivity contribution is -0.138. The normalized spacial score (nSPS) is 11.4. The van der Waals surface area contributed by atoms with Crippen molar-refractivity contribution in [1.29, 1.82) is 0 Å². The number of hydrogen-bond donors (Lipinski definition) is 2. The highest BCUT2D eigenvalue weighted by atomic mass is 19.4. The van der Waals surface area contributed by atoms with Crippen LogP contribution in [0.2, 0.25) is 0 Å². The van der Waals surface area contributed by atoms with Crippen LogP contribution in [0.25, 0.3) is 0 Å². The molecule has 0 aliphatic carbocycles. The Hall–Kier alpha value is -1.53. The van der Waals surface area contributed by atoms with E-state index in [2.05, 4.69) is 10.4 Å². The summed E-state index contributed by atoms with van der Waals surface area (Å²) >= 11 is 0. The number of nitrogens with zero attached hydrogens (tertiary/aromatic N) is 1. The Morgan fingerprint density at radius 1 is 1.54 bits per heavy atom. The largest absolute Gasteiger partial charge is 0.421 e. The molecule has 1 heterocycles. The van der Waals surface area contributed by atoms with Crippen molar-refractivity contribution in [2.75, 3.05) is 12.4 Å². The van der Waals surface area contributed by atoms with Crippen molar-refractivity contribution >= 4 is 5.82 Å². The number of halogens is 3. The van der Waals surface area contributed by atoms with E-state index in [0.29, 0.717) is 6.07 Å². The number of aromatic amines is 1. The average Bonchev–Trinajstić information content (AvgIpc) is 2.03. The molecule has 1 aromatic heterocycles. The summed E-state index contributed by atoms with van der Waals surface area (Å²) in [5, 5.41) is 7.45. The first-order valence-corrected chi connectivity index (χ1v) is 3.30. The van der Waals surface area contributed by atoms with Gasteiger partial charge in [-0.05, 0) is 0 Å². The van der Waals surface area contributed by atoms with E-state index in [9.17, 15) is 18.0 Å². The van der Waals surface area contributed by atoms with Crippen LogP contribution < -0.4 is 10.9 Å². The van der Waals surface area contributed by atoms with Crippen LogP contribution in [-0.2, 0) is 6.18 Å². The van der Waals surface area contributed by atoms with Crippen LogP contribution in [-0.4, -0.2) is 17.2 Å². The predicted molar refractivity (Wildman–Crippen MR) is 39.4 cm³/mol. The molecule has 0 aliphatic rings. The topological polar surface area (TPSA) is 57.8 Å². The van der Waals surface area contributed by atoms with E-state index in [1.165, 1.54) is 7.05 Å². The first-order valence-electron chi connectivity index (χ1n) is 3.30. The number of rotatable bonds is 1. The van der Waals surface area contributed by atoms with Crippen molar-refractivity contribution in [1.82, 2.24) is 10.2 Å². The number of H-pyrrole nitrogens is 1. The van der Waals surface area contributed by atoms with Crippen molar-refractivity contribution in [3.63, 3.8) is 0 Å². The van der Waals surface area contributed by atoms with Gasteiger partial charge in [0.1, 0.15) is 11.4 Å². The fourth-order valence-electron chi connectivity index (χ4n) is 0.744. The van der Waals surface area contributed by atoms with Crippen LogP contribution in [0.3, 0.4) is 0 Å². The molecule has 0 unspecified atom stereocenters. The van der Waals surface area contributed by atoms with E-state index in [0.717, 1.165) is 0 Å². The summed E-state index contributed by atoms with van der Waals surface area (Å²) in [5.41, 5.74) is -2.50. The highest BCUT2D eigenvalue weighted by Crippen LogP contribution is 2.26. The zero-order valence-electron chi connectivity index (χ0n) is 6.57. The lowest BCUT2D eigenvalue weighted by atomic mass is 10.3. The van der Waals surface area contributed by atoms with Crippen LogP contribution in [0, 0.1) is 0 Å². The van der Waals surface area contributed by atoms with Crippen LogP contribution in [0.4, 0.5) is 19.0 Å². The Morgan fingerprint density at radius 3 is 2.62 bits per heavy atom. The molecule has 13 heavy (non-hydrogen) atoms. The number of nitrogens with one attached hydrogen (secondary N) is 2. The third kappa shape index (κ3) is 1.98. The maximum Gasteiger partial charge on any atom is 0.421 e. The van der Waals surface area contributed by atoms with Crippen molar-refractivity contribution in [3.05, 3.63) is 22.0 Å². The molecule has 0 spiro atoms. The summed E-state index contributed by atoms with van der Waals surface area (Å²) in [4.78, 5) is 10.7. The molecule has 0 aromatic carbocycles. The summed E-state index contributed by atoms with van der Waals surface area (Å²) in [7, 11) is 1.40. The number of anilines is 1. The van der Waals surface area contributed by atoms with E-state index >= 15 is 0 Å². The molecule has 1 aromatic rings. The van der Waals surface area contributed by atoms with Gasteiger partial charge in [0.2, 0.25) is 0 Å². The van der Waals surface area contributed by atoms with Gasteiger partial charge in [-0.25, -0.2) is 5.10 Å². The van der Waals surface area contributed by atoms with E-state index in [-0.39, 0.29) is 5.82 Å². The molecule has 0 atom stereocenters. The predicted octanol–water partition coefficient (Wildman–Crippen LogP) is 0.830. The zero-order chi connectivity index (χ0) is 10.1. The maximum absolute atomic E-state index is 12.1. The first kappa shape index (κ1) is 9.56. The lowest BCUT2D eigenvalue weighted by Gasteiger charge is -2.05. The molecule has 0 aliphatic heterocycles. The second-order valence-corrected chi connectivity index (χ2v) is 2.24. The Balaban J connectivity index is 3.28. The molecule has 0 saturated carbocycles. The van der Waals surface area contributed by atoms with Crippen molar-refractivity contribution in [2.45, 2.75) is 6.18 Å². The molecule has 0 bridgehead atoms. The van der Waals surface area contributed by atoms with Crippen LogP contribution in [0.1, 0.15) is 5.56 Å². The molecule has 7 heteroatoms. The first-order chi connectivity index (χ1) is 5.95. The fourth-order valence-corrected chi connectivity index (χ4v) is 0.744. The number of aromatic nitrogens is 2. The lowest BCUT2D eigenvalue weighted by Crippen LogP contribution is -2.22. The van der Waals surface area contributed by atoms with E-state index in [1.807, 2.05) is 0 Å². The summed E-state index contributed by atoms with van der Waals surface area (Å²) in [5.74, 6) is -0.0353. The minimum absolute atomic E-state index is 0.0353. The van der Waals surface area contributed by atoms with Gasteiger partial charge in [-0.2, -0.15) is 18.3 Å². The van der Waals surface area contributed by atoms with Crippen molar-refractivity contribution < 1.29 is 13.2 Å². The molecule has 1 rings (SSSR count). The maximum atomic E-state index is 12.1. The highest BCUT2D eigenvalue weighted by molar-refractivity contribution is 5.35. The van der Waals surface area contributed by atoms with Gasteiger partial charge in [0.25, 0.3) is 5.56 Å². The van der Waals surface area contributed by atoms with Crippen molar-refractivity contribution in [2.24, 2.45) is 0 Å². The molecule has 2 N–H and O–H groups in total. The summed E-state index contributed by atoms with van der Waals surface area (Å²) in [6.45, 7) is 0. The average molecular weight is 193 g/mol. The Kier molecular flexibility index (Phi) is 2.26. The SMILES string of the molecule is CNc1cc(C(F)(F)F)c(=O)[nH]n1. The Morgan fingerprint density at radius 2 is 2.15 bits per heavy atom. The van der Waals surface area contributed by atoms with Gasteiger partial charge in [0.15, 0.2) is 0 Å². The Labute approximate surface area is 70.8 Å². The molecule has 0 saturated heterocycles. The molecule has 72 valence electrons. The van der Waals surface area contributed by atoms with Gasteiger partial charge in [-0.15, -0.1) is 0 Å². The van der Waals surface area contributed by atoms with Crippen molar-refractivity contribution in [3.8, 4) is 0 Å². The summed E-state index contributed by atoms with van der Waals surface area (Å²) < 4.78 is 36.3. The molecule has 4 nitrogen and oxygen atoms in total. The standard InChI is InChI=1S/C6H6F3N3O/c1-10-4-2-3(6(7,8)9)5(13)12-11-4/h2H,1H3,(H,10,11)(H,12,13). The molecule has 0 amide bonds. The second kappa shape index (κ2) is 3.08. The quantitative estimate of drug-likeness (QED) is 0.694. The number of hydrogen-bond acceptors (Lipinski definition) is 3. The Bertz CT molecular complexity index is 357. The van der Waals surface area contributed by atoms with E-state index < -0.39 is 17.3 Å². The van der Waals surface area contributed by atoms with Crippen LogP contribution >= 0.6 is 0 Å². The second-order valence-electron chi connectivity index (χ2n) is 2.24. The van der Waals surface area contributed by atoms with Gasteiger partial charge in [-0.1, -0.05) is 0 Å².